The molecule has 2 aromatic carbocycles. The normalized spacial score (nSPS) is 15.1. The number of carboxylic acid groups (broad SMARTS) is 1. The first-order chi connectivity index (χ1) is 19.8. The van der Waals surface area contributed by atoms with Crippen LogP contribution in [0.4, 0.5) is 0 Å². The van der Waals surface area contributed by atoms with Crippen molar-refractivity contribution in [2.24, 2.45) is 0 Å². The number of aromatic carboxylic acids is 1. The highest BCUT2D eigenvalue weighted by Gasteiger charge is 2.23. The number of ether oxygens (including phenoxy) is 4. The van der Waals surface area contributed by atoms with Crippen molar-refractivity contribution in [1.82, 2.24) is 19.4 Å². The molecule has 10 nitrogen and oxygen atoms in total. The molecule has 0 aliphatic carbocycles. The Bertz CT molecular complexity index is 1530. The Balaban J connectivity index is 1.34. The van der Waals surface area contributed by atoms with Crippen LogP contribution in [-0.2, 0) is 0 Å². The number of aromatic nitrogens is 2. The van der Waals surface area contributed by atoms with Gasteiger partial charge in [0.25, 0.3) is 0 Å². The number of carboxylic acids is 1. The molecule has 0 spiro atoms. The van der Waals surface area contributed by atoms with E-state index in [4.69, 9.17) is 30.5 Å². The third-order valence-corrected chi connectivity index (χ3v) is 8.67. The molecule has 0 bridgehead atoms. The Kier molecular flexibility index (Phi) is 8.88. The number of piperazine rings is 1. The molecule has 0 unspecified atom stereocenters. The average Bonchev–Trinajstić information content (AvgIpc) is 3.57. The molecule has 1 N–H and O–H groups in total. The van der Waals surface area contributed by atoms with E-state index in [2.05, 4.69) is 21.8 Å². The summed E-state index contributed by atoms with van der Waals surface area (Å²) in [5.74, 6) is 0.835. The fraction of sp³-hybridized carbons (Fsp3) is 0.379. The number of hydrogen-bond donors (Lipinski definition) is 1. The van der Waals surface area contributed by atoms with Gasteiger partial charge in [-0.25, -0.2) is 9.78 Å². The van der Waals surface area contributed by atoms with Crippen LogP contribution >= 0.6 is 22.9 Å². The maximum Gasteiger partial charge on any atom is 0.349 e. The van der Waals surface area contributed by atoms with Crippen LogP contribution in [0.2, 0.25) is 5.02 Å². The highest BCUT2D eigenvalue weighted by atomic mass is 35.5. The molecule has 3 heterocycles. The topological polar surface area (TPSA) is 98.5 Å². The molecule has 1 aliphatic heterocycles. The number of thiophene rings is 1. The first-order valence-electron chi connectivity index (χ1n) is 13.2. The Labute approximate surface area is 247 Å². The lowest BCUT2D eigenvalue weighted by molar-refractivity contribution is 0.0695. The summed E-state index contributed by atoms with van der Waals surface area (Å²) in [6.45, 7) is 7.31. The summed E-state index contributed by atoms with van der Waals surface area (Å²) >= 11 is 7.84. The molecule has 2 aromatic heterocycles. The first kappa shape index (κ1) is 29.0. The van der Waals surface area contributed by atoms with Crippen molar-refractivity contribution in [3.63, 3.8) is 0 Å². The van der Waals surface area contributed by atoms with E-state index in [9.17, 15) is 9.90 Å². The smallest absolute Gasteiger partial charge is 0.349 e. The second-order valence-electron chi connectivity index (χ2n) is 9.81. The fourth-order valence-electron chi connectivity index (χ4n) is 4.79. The van der Waals surface area contributed by atoms with E-state index in [1.807, 2.05) is 25.1 Å². The minimum absolute atomic E-state index is 0.0740. The van der Waals surface area contributed by atoms with Crippen LogP contribution in [-0.4, -0.2) is 91.0 Å². The minimum atomic E-state index is -1.08. The molecule has 0 amide bonds. The number of hydrogen-bond acceptors (Lipinski definition) is 9. The third kappa shape index (κ3) is 6.23. The Hall–Kier alpha value is -3.51. The van der Waals surface area contributed by atoms with Crippen molar-refractivity contribution < 1.29 is 28.8 Å². The third-order valence-electron chi connectivity index (χ3n) is 7.17. The maximum atomic E-state index is 12.2. The highest BCUT2D eigenvalue weighted by Crippen LogP contribution is 2.40. The van der Waals surface area contributed by atoms with E-state index in [1.165, 1.54) is 0 Å². The van der Waals surface area contributed by atoms with Crippen LogP contribution in [0.25, 0.3) is 16.0 Å². The summed E-state index contributed by atoms with van der Waals surface area (Å²) in [5.41, 5.74) is 2.13. The summed E-state index contributed by atoms with van der Waals surface area (Å²) in [6, 6.07) is 10.8. The molecule has 218 valence electrons. The average molecular weight is 601 g/mol. The molecule has 0 saturated carbocycles. The molecule has 1 aliphatic rings. The zero-order valence-corrected chi connectivity index (χ0v) is 25.0. The number of fused-ring (bicyclic) bond motifs is 1. The summed E-state index contributed by atoms with van der Waals surface area (Å²) < 4.78 is 24.9. The lowest BCUT2D eigenvalue weighted by atomic mass is 10.1. The second kappa shape index (κ2) is 12.6. The Morgan fingerprint density at radius 1 is 1.07 bits per heavy atom. The van der Waals surface area contributed by atoms with Crippen molar-refractivity contribution in [3.05, 3.63) is 58.2 Å². The molecule has 1 saturated heterocycles. The van der Waals surface area contributed by atoms with E-state index in [1.54, 1.807) is 43.3 Å². The number of imidazole rings is 1. The van der Waals surface area contributed by atoms with Crippen LogP contribution in [0.15, 0.2) is 42.7 Å². The first-order valence-corrected chi connectivity index (χ1v) is 14.4. The quantitative estimate of drug-likeness (QED) is 0.248. The van der Waals surface area contributed by atoms with Gasteiger partial charge in [0.2, 0.25) is 0 Å². The number of halogens is 1. The molecule has 1 fully saturated rings. The number of likely N-dealkylation sites (N-methyl/N-ethyl adjacent to an activating group) is 1. The van der Waals surface area contributed by atoms with Gasteiger partial charge in [-0.3, -0.25) is 9.47 Å². The highest BCUT2D eigenvalue weighted by molar-refractivity contribution is 7.16. The van der Waals surface area contributed by atoms with E-state index < -0.39 is 12.1 Å². The van der Waals surface area contributed by atoms with Gasteiger partial charge < -0.3 is 29.0 Å². The van der Waals surface area contributed by atoms with Crippen LogP contribution in [0.5, 0.6) is 23.0 Å². The van der Waals surface area contributed by atoms with Gasteiger partial charge in [-0.15, -0.1) is 11.3 Å². The maximum absolute atomic E-state index is 12.2. The number of carbonyl (C=O) groups is 1. The summed E-state index contributed by atoms with van der Waals surface area (Å²) in [7, 11) is 5.25. The molecule has 4 aromatic rings. The lowest BCUT2D eigenvalue weighted by Gasteiger charge is -2.32. The van der Waals surface area contributed by atoms with Crippen LogP contribution in [0, 0.1) is 0 Å². The van der Waals surface area contributed by atoms with E-state index in [-0.39, 0.29) is 10.6 Å². The minimum Gasteiger partial charge on any atom is -0.493 e. The van der Waals surface area contributed by atoms with Gasteiger partial charge in [-0.05, 0) is 20.0 Å². The van der Waals surface area contributed by atoms with Crippen molar-refractivity contribution >= 4 is 39.9 Å². The van der Waals surface area contributed by atoms with Crippen molar-refractivity contribution in [2.45, 2.75) is 13.0 Å². The predicted molar refractivity (Wildman–Crippen MR) is 159 cm³/mol. The number of rotatable bonds is 11. The zero-order chi connectivity index (χ0) is 29.1. The van der Waals surface area contributed by atoms with Gasteiger partial charge in [-0.1, -0.05) is 23.7 Å². The van der Waals surface area contributed by atoms with Crippen LogP contribution in [0.1, 0.15) is 28.3 Å². The van der Waals surface area contributed by atoms with Gasteiger partial charge in [0.1, 0.15) is 35.5 Å². The molecule has 12 heteroatoms. The van der Waals surface area contributed by atoms with Gasteiger partial charge in [-0.2, -0.15) is 0 Å². The number of nitrogens with zero attached hydrogens (tertiary/aromatic N) is 4. The van der Waals surface area contributed by atoms with E-state index >= 15 is 0 Å². The van der Waals surface area contributed by atoms with Crippen molar-refractivity contribution in [2.75, 3.05) is 60.6 Å². The van der Waals surface area contributed by atoms with Crippen molar-refractivity contribution in [3.8, 4) is 28.0 Å². The number of methoxy groups -OCH3 is 2. The molecule has 1 atom stereocenters. The van der Waals surface area contributed by atoms with Crippen LogP contribution < -0.4 is 18.9 Å². The van der Waals surface area contributed by atoms with E-state index in [0.29, 0.717) is 45.0 Å². The van der Waals surface area contributed by atoms with Gasteiger partial charge in [0.05, 0.1) is 30.3 Å². The van der Waals surface area contributed by atoms with Crippen LogP contribution in [0.3, 0.4) is 0 Å². The molecule has 0 radical (unpaired) electrons. The zero-order valence-electron chi connectivity index (χ0n) is 23.4. The summed E-state index contributed by atoms with van der Waals surface area (Å²) in [6.07, 6.45) is 1.10. The molecule has 5 rings (SSSR count). The van der Waals surface area contributed by atoms with Gasteiger partial charge in [0.15, 0.2) is 16.4 Å². The Morgan fingerprint density at radius 2 is 1.80 bits per heavy atom. The lowest BCUT2D eigenvalue weighted by Crippen LogP contribution is -2.45. The number of benzene rings is 2. The summed E-state index contributed by atoms with van der Waals surface area (Å²) in [4.78, 5) is 21.4. The largest absolute Gasteiger partial charge is 0.493 e. The Morgan fingerprint density at radius 3 is 2.51 bits per heavy atom. The SMILES string of the molecule is COc1cc2ncn(-c3cc(O[C@H](C)c4cccc(OCCN5CCN(C)CC5)c4Cl)c(C(=O)O)s3)c2cc1OC. The fourth-order valence-corrected chi connectivity index (χ4v) is 6.04. The predicted octanol–water partition coefficient (Wildman–Crippen LogP) is 5.22. The monoisotopic (exact) mass is 600 g/mol. The van der Waals surface area contributed by atoms with Crippen molar-refractivity contribution in [1.29, 1.82) is 0 Å². The van der Waals surface area contributed by atoms with Gasteiger partial charge >= 0.3 is 5.97 Å². The second-order valence-corrected chi connectivity index (χ2v) is 11.2. The van der Waals surface area contributed by atoms with Gasteiger partial charge in [0, 0.05) is 56.5 Å². The summed E-state index contributed by atoms with van der Waals surface area (Å²) in [5, 5.41) is 11.0. The van der Waals surface area contributed by atoms with E-state index in [0.717, 1.165) is 49.6 Å². The standard InChI is InChI=1S/C29H33ClN4O6S/c1-18(19-6-5-7-22(27(19)30)39-13-12-33-10-8-32(2)9-11-33)40-25-16-26(41-28(25)29(35)36)34-17-31-20-14-23(37-3)24(38-4)15-21(20)34/h5-7,14-18H,8-13H2,1-4H3,(H,35,36)/t18-/m1/s1. The molecular weight excluding hydrogens is 568 g/mol. The molecule has 41 heavy (non-hydrogen) atoms. The molecular formula is C29H33ClN4O6S.